The molecule has 35 nitrogen and oxygen atoms in total. The minimum absolute atomic E-state index is 0.244. The number of aliphatic hydroxyl groups excluding tert-OH is 20. The van der Waals surface area contributed by atoms with E-state index in [2.05, 4.69) is 4.90 Å². The zero-order valence-corrected chi connectivity index (χ0v) is 57.9. The predicted octanol–water partition coefficient (Wildman–Crippen LogP) is -9.74. The van der Waals surface area contributed by atoms with Crippen molar-refractivity contribution in [2.45, 2.75) is 215 Å². The van der Waals surface area contributed by atoms with Gasteiger partial charge in [-0.3, -0.25) is 4.90 Å². The van der Waals surface area contributed by atoms with Crippen molar-refractivity contribution in [1.29, 1.82) is 0 Å². The maximum absolute atomic E-state index is 12.7. The Morgan fingerprint density at radius 2 is 0.381 bits per heavy atom. The van der Waals surface area contributed by atoms with E-state index in [1.807, 2.05) is 121 Å². The first-order valence-electron chi connectivity index (χ1n) is 34.4. The number of aliphatic hydroxyl groups is 20. The van der Waals surface area contributed by atoms with Crippen LogP contribution in [0.25, 0.3) is 0 Å². The standard InChI is InChI=1S/C68H93NO34P2/c70-22-35-56-43(78)50(85)64(92-35)100-58-37(24-72)94-66(52(87)45(58)80)102-60-39(26-74)96-68(54(89)47(60)82)103-61-40(27-75)95-67(53(88)46(61)81)101-59-38(25-73)93-65(51(86)44(59)79)99-57-36(23-71)91-63(49(84)42(57)77)97-55-34(90-62(98-56)48(83)41(55)76)21-69(28-104(30-13-5-1-6-14-30)31-15-7-2-8-16-31)29-105(32-17-9-3-10-18-32)33-19-11-4-12-20-33/h1-20,34-68,70-89H,21-29H2/t34-,35-,36-,37-,38-,39-,40-,41-,42-,43-,44-,45-,46-,47-,48-,49-,50-,51-,52-,53-,54-,55-,56-,57-,58-,59-,60-,61-,62-,63-,64-,65-,66-,67-,68-/m1/s1. The SMILES string of the molecule is OC[C@H]1O[C@@H]2O[C@H]3[C@H](O)[C@@H](O)[C@@H](O[C@H]4[C@H](O)[C@@H](O)[C@@H](O[C@H]5[C@H](O)[C@@H](O)[C@@H](O[C@H]6[C@H](O)[C@@H](O)[C@@H](O[C@H]7[C@H](O)[C@@H](O)[C@@H](O[C@H]8[C@H](O)[C@@H](O)[C@@H](O[C@H]1[C@H](O)[C@H]2O)O[C@@H]8CO)O[C@@H]7CO)O[C@@H]6CO)O[C@@H]5CN(CP(c1ccccc1)c1ccccc1)CP(c1ccccc1)c1ccccc1)O[C@@H]4CO)O[C@@H]3CO. The third-order valence-electron chi connectivity index (χ3n) is 20.0. The smallest absolute Gasteiger partial charge is 0.187 e. The van der Waals surface area contributed by atoms with E-state index in [4.69, 9.17) is 66.3 Å². The summed E-state index contributed by atoms with van der Waals surface area (Å²) in [5, 5.41) is 234. The number of rotatable bonds is 16. The Morgan fingerprint density at radius 1 is 0.219 bits per heavy atom. The zero-order chi connectivity index (χ0) is 74.7. The number of hydrogen-bond donors (Lipinski definition) is 20. The van der Waals surface area contributed by atoms with E-state index in [0.717, 1.165) is 21.2 Å². The lowest BCUT2D eigenvalue weighted by Gasteiger charge is -2.50. The first kappa shape index (κ1) is 80.8. The van der Waals surface area contributed by atoms with E-state index in [-0.39, 0.29) is 19.1 Å². The van der Waals surface area contributed by atoms with Gasteiger partial charge in [0.25, 0.3) is 0 Å². The summed E-state index contributed by atoms with van der Waals surface area (Å²) in [6, 6.07) is 38.7. The fourth-order valence-corrected chi connectivity index (χ4v) is 19.1. The summed E-state index contributed by atoms with van der Waals surface area (Å²) in [7, 11) is -2.64. The van der Waals surface area contributed by atoms with Crippen molar-refractivity contribution in [2.75, 3.05) is 58.8 Å². The van der Waals surface area contributed by atoms with Crippen LogP contribution in [0.3, 0.4) is 0 Å². The summed E-state index contributed by atoms with van der Waals surface area (Å²) in [5.41, 5.74) is 0. The van der Waals surface area contributed by atoms with Crippen LogP contribution in [0.5, 0.6) is 0 Å². The first-order chi connectivity index (χ1) is 50.6. The summed E-state index contributed by atoms with van der Waals surface area (Å²) < 4.78 is 84.3. The van der Waals surface area contributed by atoms with Crippen LogP contribution in [0, 0.1) is 0 Å². The Balaban J connectivity index is 0.898. The summed E-state index contributed by atoms with van der Waals surface area (Å²) >= 11 is 0. The molecule has 0 unspecified atom stereocenters. The third-order valence-corrected chi connectivity index (χ3v) is 25.0. The number of benzene rings is 4. The molecule has 35 atom stereocenters. The average molecular weight is 1530 g/mol. The van der Waals surface area contributed by atoms with Gasteiger partial charge in [-0.1, -0.05) is 121 Å². The van der Waals surface area contributed by atoms with Gasteiger partial charge in [-0.05, 0) is 37.1 Å². The molecule has 21 aliphatic rings. The Kier molecular flexibility index (Phi) is 27.9. The maximum atomic E-state index is 12.7. The fourth-order valence-electron chi connectivity index (χ4n) is 14.3. The van der Waals surface area contributed by atoms with Gasteiger partial charge in [-0.25, -0.2) is 0 Å². The number of ether oxygens (including phenoxy) is 14. The van der Waals surface area contributed by atoms with Gasteiger partial charge in [0.1, 0.15) is 171 Å². The number of hydrogen-bond acceptors (Lipinski definition) is 35. The molecule has 0 aliphatic carbocycles. The molecule has 584 valence electrons. The van der Waals surface area contributed by atoms with E-state index in [1.54, 1.807) is 0 Å². The van der Waals surface area contributed by atoms with Gasteiger partial charge in [0.15, 0.2) is 44.0 Å². The highest BCUT2D eigenvalue weighted by atomic mass is 31.1. The molecule has 37 heteroatoms. The lowest BCUT2D eigenvalue weighted by Crippen LogP contribution is -2.68. The minimum Gasteiger partial charge on any atom is -0.394 e. The molecule has 21 aliphatic heterocycles. The molecule has 20 N–H and O–H groups in total. The summed E-state index contributed by atoms with van der Waals surface area (Å²) in [4.78, 5) is 2.07. The van der Waals surface area contributed by atoms with E-state index in [9.17, 15) is 102 Å². The van der Waals surface area contributed by atoms with Gasteiger partial charge in [0, 0.05) is 19.1 Å². The van der Waals surface area contributed by atoms with E-state index in [0.29, 0.717) is 0 Å². The van der Waals surface area contributed by atoms with Crippen LogP contribution in [0.4, 0.5) is 0 Å². The molecular weight excluding hydrogens is 1440 g/mol. The monoisotopic (exact) mass is 1530 g/mol. The molecule has 21 fully saturated rings. The predicted molar refractivity (Wildman–Crippen MR) is 356 cm³/mol. The Labute approximate surface area is 603 Å². The summed E-state index contributed by atoms with van der Waals surface area (Å²) in [6.45, 7) is -6.55. The van der Waals surface area contributed by atoms with E-state index < -0.39 is 270 Å². The fraction of sp³-hybridized carbons (Fsp3) is 0.647. The van der Waals surface area contributed by atoms with Gasteiger partial charge >= 0.3 is 0 Å². The second-order valence-electron chi connectivity index (χ2n) is 26.8. The van der Waals surface area contributed by atoms with Gasteiger partial charge in [0.2, 0.25) is 0 Å². The van der Waals surface area contributed by atoms with Crippen molar-refractivity contribution in [2.24, 2.45) is 0 Å². The third kappa shape index (κ3) is 17.4. The van der Waals surface area contributed by atoms with Gasteiger partial charge in [-0.15, -0.1) is 0 Å². The minimum atomic E-state index is -2.24. The topological polar surface area (TPSA) is 537 Å². The molecule has 21 heterocycles. The highest BCUT2D eigenvalue weighted by Crippen LogP contribution is 2.44. The molecule has 4 aromatic rings. The molecule has 0 amide bonds. The Bertz CT molecular complexity index is 3100. The number of nitrogens with zero attached hydrogens (tertiary/aromatic N) is 1. The van der Waals surface area contributed by atoms with Gasteiger partial charge in [0.05, 0.1) is 39.6 Å². The molecule has 14 bridgehead atoms. The second kappa shape index (κ2) is 36.2. The zero-order valence-electron chi connectivity index (χ0n) is 56.1. The van der Waals surface area contributed by atoms with Crippen LogP contribution >= 0.6 is 15.8 Å². The van der Waals surface area contributed by atoms with Gasteiger partial charge in [-0.2, -0.15) is 0 Å². The van der Waals surface area contributed by atoms with Crippen molar-refractivity contribution in [1.82, 2.24) is 4.90 Å². The Morgan fingerprint density at radius 3 is 0.552 bits per heavy atom. The molecule has 0 radical (unpaired) electrons. The molecule has 105 heavy (non-hydrogen) atoms. The van der Waals surface area contributed by atoms with Crippen LogP contribution in [-0.4, -0.2) is 381 Å². The lowest BCUT2D eigenvalue weighted by molar-refractivity contribution is -0.396. The van der Waals surface area contributed by atoms with Crippen molar-refractivity contribution in [3.05, 3.63) is 121 Å². The van der Waals surface area contributed by atoms with Crippen LogP contribution < -0.4 is 21.2 Å². The molecule has 21 saturated heterocycles. The largest absolute Gasteiger partial charge is 0.394 e. The normalized spacial score (nSPS) is 43.8. The van der Waals surface area contributed by atoms with Crippen molar-refractivity contribution >= 4 is 37.1 Å². The quantitative estimate of drug-likeness (QED) is 0.0463. The highest BCUT2D eigenvalue weighted by Gasteiger charge is 2.60. The van der Waals surface area contributed by atoms with Crippen molar-refractivity contribution in [3.8, 4) is 0 Å². The summed E-state index contributed by atoms with van der Waals surface area (Å²) in [5.74, 6) is 0. The molecule has 0 saturated carbocycles. The van der Waals surface area contributed by atoms with E-state index in [1.165, 1.54) is 0 Å². The molecule has 25 rings (SSSR count). The maximum Gasteiger partial charge on any atom is 0.187 e. The first-order valence-corrected chi connectivity index (χ1v) is 37.5. The average Bonchev–Trinajstić information content (AvgIpc) is 0.794. The van der Waals surface area contributed by atoms with Gasteiger partial charge < -0.3 is 168 Å². The highest BCUT2D eigenvalue weighted by molar-refractivity contribution is 7.73. The van der Waals surface area contributed by atoms with Crippen LogP contribution in [0.15, 0.2) is 121 Å². The molecule has 0 aromatic heterocycles. The second-order valence-corrected chi connectivity index (χ2v) is 31.1. The van der Waals surface area contributed by atoms with Crippen LogP contribution in [0.2, 0.25) is 0 Å². The van der Waals surface area contributed by atoms with Crippen molar-refractivity contribution in [3.63, 3.8) is 0 Å². The van der Waals surface area contributed by atoms with Crippen LogP contribution in [0.1, 0.15) is 0 Å². The molecule has 4 aromatic carbocycles. The molecule has 0 spiro atoms. The summed E-state index contributed by atoms with van der Waals surface area (Å²) in [6.07, 6.45) is -70.2. The van der Waals surface area contributed by atoms with E-state index >= 15 is 0 Å². The molecular formula is C68H93NO34P2. The Hall–Kier alpha value is -3.66. The van der Waals surface area contributed by atoms with Crippen molar-refractivity contribution < 1.29 is 168 Å². The lowest BCUT2D eigenvalue weighted by atomic mass is 9.95. The van der Waals surface area contributed by atoms with Crippen LogP contribution in [-0.2, 0) is 66.3 Å².